The quantitative estimate of drug-likeness (QED) is 0.287. The van der Waals surface area contributed by atoms with E-state index in [4.69, 9.17) is 9.47 Å². The van der Waals surface area contributed by atoms with E-state index in [1.54, 1.807) is 0 Å². The van der Waals surface area contributed by atoms with Crippen LogP contribution in [0.5, 0.6) is 34.5 Å². The lowest BCUT2D eigenvalue weighted by Gasteiger charge is -2.14. The second-order valence-electron chi connectivity index (χ2n) is 6.59. The molecule has 0 aromatic heterocycles. The highest BCUT2D eigenvalue weighted by Gasteiger charge is 2.29. The van der Waals surface area contributed by atoms with Gasteiger partial charge in [-0.05, 0) is 50.2 Å². The van der Waals surface area contributed by atoms with Gasteiger partial charge in [0.15, 0.2) is 11.6 Å². The number of hydrogen-bond donors (Lipinski definition) is 2. The third-order valence-corrected chi connectivity index (χ3v) is 4.32. The Morgan fingerprint density at radius 2 is 0.969 bits per heavy atom. The van der Waals surface area contributed by atoms with E-state index in [0.29, 0.717) is 0 Å². The molecule has 0 aliphatic carbocycles. The maximum Gasteiger partial charge on any atom is 0.208 e. The van der Waals surface area contributed by atoms with Gasteiger partial charge in [-0.1, -0.05) is 0 Å². The van der Waals surface area contributed by atoms with Crippen LogP contribution in [-0.2, 0) is 0 Å². The summed E-state index contributed by atoms with van der Waals surface area (Å²) in [6.07, 6.45) is 0. The zero-order valence-electron chi connectivity index (χ0n) is 16.5. The molecule has 0 amide bonds. The zero-order chi connectivity index (χ0) is 23.7. The number of carbonyl (C=O) groups is 2. The van der Waals surface area contributed by atoms with Crippen molar-refractivity contribution in [3.05, 3.63) is 70.8 Å². The van der Waals surface area contributed by atoms with Gasteiger partial charge >= 0.3 is 0 Å². The van der Waals surface area contributed by atoms with E-state index >= 15 is 0 Å². The van der Waals surface area contributed by atoms with Gasteiger partial charge in [0.05, 0.1) is 11.1 Å². The van der Waals surface area contributed by atoms with Crippen molar-refractivity contribution in [3.8, 4) is 34.5 Å². The monoisotopic (exact) mass is 450 g/mol. The van der Waals surface area contributed by atoms with Crippen molar-refractivity contribution in [1.82, 2.24) is 0 Å². The number of carbonyl (C=O) groups excluding carboxylic acids is 2. The van der Waals surface area contributed by atoms with Gasteiger partial charge in [-0.15, -0.1) is 0 Å². The Hall–Kier alpha value is -4.08. The van der Waals surface area contributed by atoms with Gasteiger partial charge < -0.3 is 19.7 Å². The van der Waals surface area contributed by atoms with Gasteiger partial charge in [-0.25, -0.2) is 0 Å². The van der Waals surface area contributed by atoms with Gasteiger partial charge in [-0.3, -0.25) is 9.59 Å². The summed E-state index contributed by atoms with van der Waals surface area (Å²) in [4.78, 5) is 23.0. The molecular formula is C22H14F4O6. The van der Waals surface area contributed by atoms with E-state index in [9.17, 15) is 37.4 Å². The molecule has 0 fully saturated rings. The Kier molecular flexibility index (Phi) is 6.06. The first-order valence-corrected chi connectivity index (χ1v) is 8.90. The van der Waals surface area contributed by atoms with Gasteiger partial charge in [0, 0.05) is 0 Å². The van der Waals surface area contributed by atoms with E-state index in [1.165, 1.54) is 0 Å². The number of benzene rings is 3. The van der Waals surface area contributed by atoms with Crippen LogP contribution in [0.1, 0.15) is 34.6 Å². The summed E-state index contributed by atoms with van der Waals surface area (Å²) in [5, 5.41) is 19.2. The molecule has 0 saturated heterocycles. The van der Waals surface area contributed by atoms with Crippen LogP contribution in [0.25, 0.3) is 0 Å². The Morgan fingerprint density at radius 1 is 0.656 bits per heavy atom. The summed E-state index contributed by atoms with van der Waals surface area (Å²) in [5.41, 5.74) is -0.476. The summed E-state index contributed by atoms with van der Waals surface area (Å²) in [6.45, 7) is 2.23. The standard InChI is InChI=1S/C22H14F4O6/c1-9(27)13-7-11(3-5-15(13)29)31-21-17(23)19(25)22(20(26)18(21)24)32-12-4-6-16(30)14(8-12)10(2)28/h3-8,29-30H,1-2H3. The SMILES string of the molecule is CC(=O)c1cc(Oc2c(F)c(F)c(Oc3ccc(O)c(C(C)=O)c3)c(F)c2F)ccc1O. The number of rotatable bonds is 6. The Labute approximate surface area is 178 Å². The Balaban J connectivity index is 2.02. The highest BCUT2D eigenvalue weighted by molar-refractivity contribution is 5.97. The fourth-order valence-electron chi connectivity index (χ4n) is 2.73. The molecule has 0 atom stereocenters. The maximum atomic E-state index is 14.5. The number of ketones is 2. The molecule has 0 unspecified atom stereocenters. The molecule has 0 saturated carbocycles. The number of ether oxygens (including phenoxy) is 2. The van der Waals surface area contributed by atoms with Crippen molar-refractivity contribution in [3.63, 3.8) is 0 Å². The van der Waals surface area contributed by atoms with E-state index in [-0.39, 0.29) is 22.6 Å². The molecule has 0 aliphatic rings. The molecule has 3 aromatic carbocycles. The van der Waals surface area contributed by atoms with Crippen molar-refractivity contribution in [2.75, 3.05) is 0 Å². The molecule has 6 nitrogen and oxygen atoms in total. The predicted molar refractivity (Wildman–Crippen MR) is 103 cm³/mol. The third kappa shape index (κ3) is 4.20. The minimum Gasteiger partial charge on any atom is -0.507 e. The summed E-state index contributed by atoms with van der Waals surface area (Å²) < 4.78 is 67.8. The fraction of sp³-hybridized carbons (Fsp3) is 0.0909. The van der Waals surface area contributed by atoms with Crippen LogP contribution in [0.3, 0.4) is 0 Å². The lowest BCUT2D eigenvalue weighted by molar-refractivity contribution is 0.100. The first-order valence-electron chi connectivity index (χ1n) is 8.90. The topological polar surface area (TPSA) is 93.1 Å². The highest BCUT2D eigenvalue weighted by Crippen LogP contribution is 2.40. The van der Waals surface area contributed by atoms with Gasteiger partial charge in [0.1, 0.15) is 23.0 Å². The van der Waals surface area contributed by atoms with E-state index in [1.807, 2.05) is 0 Å². The zero-order valence-corrected chi connectivity index (χ0v) is 16.5. The molecule has 0 bridgehead atoms. The molecule has 3 rings (SSSR count). The summed E-state index contributed by atoms with van der Waals surface area (Å²) >= 11 is 0. The number of Topliss-reactive ketones (excluding diaryl/α,β-unsaturated/α-hetero) is 2. The normalized spacial score (nSPS) is 10.7. The Bertz CT molecular complexity index is 1130. The van der Waals surface area contributed by atoms with Crippen molar-refractivity contribution in [2.24, 2.45) is 0 Å². The summed E-state index contributed by atoms with van der Waals surface area (Å²) in [5.74, 6) is -13.4. The number of aromatic hydroxyl groups is 2. The third-order valence-electron chi connectivity index (χ3n) is 4.32. The summed E-state index contributed by atoms with van der Waals surface area (Å²) in [7, 11) is 0. The molecule has 3 aromatic rings. The molecular weight excluding hydrogens is 436 g/mol. The number of phenolic OH excluding ortho intramolecular Hbond substituents is 2. The van der Waals surface area contributed by atoms with Crippen molar-refractivity contribution < 1.29 is 46.8 Å². The fourth-order valence-corrected chi connectivity index (χ4v) is 2.73. The molecule has 0 spiro atoms. The maximum absolute atomic E-state index is 14.5. The number of hydrogen-bond acceptors (Lipinski definition) is 6. The lowest BCUT2D eigenvalue weighted by atomic mass is 10.1. The minimum absolute atomic E-state index is 0.238. The molecule has 10 heteroatoms. The van der Waals surface area contributed by atoms with Gasteiger partial charge in [0.2, 0.25) is 34.8 Å². The summed E-state index contributed by atoms with van der Waals surface area (Å²) in [6, 6.07) is 5.95. The number of phenols is 2. The average molecular weight is 450 g/mol. The van der Waals surface area contributed by atoms with Crippen LogP contribution >= 0.6 is 0 Å². The molecule has 32 heavy (non-hydrogen) atoms. The highest BCUT2D eigenvalue weighted by atomic mass is 19.2. The average Bonchev–Trinajstić information content (AvgIpc) is 2.74. The van der Waals surface area contributed by atoms with Crippen LogP contribution in [-0.4, -0.2) is 21.8 Å². The first kappa shape index (κ1) is 22.6. The van der Waals surface area contributed by atoms with Crippen LogP contribution in [0, 0.1) is 23.3 Å². The van der Waals surface area contributed by atoms with Crippen molar-refractivity contribution in [1.29, 1.82) is 0 Å². The van der Waals surface area contributed by atoms with Crippen molar-refractivity contribution >= 4 is 11.6 Å². The second-order valence-corrected chi connectivity index (χ2v) is 6.59. The van der Waals surface area contributed by atoms with E-state index in [2.05, 4.69) is 0 Å². The van der Waals surface area contributed by atoms with Crippen molar-refractivity contribution in [2.45, 2.75) is 13.8 Å². The lowest BCUT2D eigenvalue weighted by Crippen LogP contribution is -2.04. The second kappa shape index (κ2) is 8.58. The Morgan fingerprint density at radius 3 is 1.25 bits per heavy atom. The minimum atomic E-state index is -1.93. The van der Waals surface area contributed by atoms with Gasteiger partial charge in [-0.2, -0.15) is 17.6 Å². The van der Waals surface area contributed by atoms with Crippen LogP contribution in [0.4, 0.5) is 17.6 Å². The largest absolute Gasteiger partial charge is 0.507 e. The van der Waals surface area contributed by atoms with E-state index in [0.717, 1.165) is 50.2 Å². The van der Waals surface area contributed by atoms with E-state index < -0.39 is 57.8 Å². The molecule has 0 heterocycles. The smallest absolute Gasteiger partial charge is 0.208 e. The van der Waals surface area contributed by atoms with Crippen LogP contribution in [0.2, 0.25) is 0 Å². The first-order chi connectivity index (χ1) is 15.0. The van der Waals surface area contributed by atoms with Gasteiger partial charge in [0.25, 0.3) is 0 Å². The predicted octanol–water partition coefficient (Wildman–Crippen LogP) is 5.64. The molecule has 0 aliphatic heterocycles. The number of halogens is 4. The van der Waals surface area contributed by atoms with Crippen LogP contribution < -0.4 is 9.47 Å². The molecule has 2 N–H and O–H groups in total. The molecule has 166 valence electrons. The molecule has 0 radical (unpaired) electrons. The van der Waals surface area contributed by atoms with Crippen LogP contribution in [0.15, 0.2) is 36.4 Å².